The van der Waals surface area contributed by atoms with Crippen LogP contribution in [0.5, 0.6) is 0 Å². The monoisotopic (exact) mass is 375 g/mol. The van der Waals surface area contributed by atoms with Crippen molar-refractivity contribution in [3.63, 3.8) is 0 Å². The van der Waals surface area contributed by atoms with Crippen molar-refractivity contribution in [1.82, 2.24) is 0 Å². The number of hydrogen-bond donors (Lipinski definition) is 1. The molecule has 2 aromatic rings. The van der Waals surface area contributed by atoms with Crippen LogP contribution in [0.1, 0.15) is 11.1 Å². The highest BCUT2D eigenvalue weighted by atomic mass is 79.9. The van der Waals surface area contributed by atoms with Crippen LogP contribution in [0.3, 0.4) is 0 Å². The van der Waals surface area contributed by atoms with Crippen LogP contribution in [0, 0.1) is 5.82 Å². The van der Waals surface area contributed by atoms with Gasteiger partial charge in [0.1, 0.15) is 5.82 Å². The Labute approximate surface area is 136 Å². The molecule has 0 saturated heterocycles. The average molecular weight is 377 g/mol. The lowest BCUT2D eigenvalue weighted by atomic mass is 9.99. The lowest BCUT2D eigenvalue weighted by Crippen LogP contribution is -2.26. The second-order valence-electron chi connectivity index (χ2n) is 4.64. The van der Waals surface area contributed by atoms with Crippen LogP contribution in [0.15, 0.2) is 40.9 Å². The Balaban J connectivity index is 2.08. The third-order valence-electron chi connectivity index (χ3n) is 2.99. The zero-order valence-electron chi connectivity index (χ0n) is 10.5. The molecule has 0 fully saturated rings. The first-order chi connectivity index (χ1) is 9.45. The Morgan fingerprint density at radius 2 is 1.75 bits per heavy atom. The van der Waals surface area contributed by atoms with Crippen molar-refractivity contribution in [3.8, 4) is 0 Å². The molecule has 0 amide bonds. The number of hydrogen-bond acceptors (Lipinski definition) is 1. The standard InChI is InChI=1S/C15H13BrCl2FN/c16-11-2-4-15(19)10(5-11)7-13(20)6-9-1-3-12(17)8-14(9)18/h1-5,8,13H,6-7,20H2. The highest BCUT2D eigenvalue weighted by Gasteiger charge is 2.11. The molecule has 2 aromatic carbocycles. The van der Waals surface area contributed by atoms with Crippen molar-refractivity contribution in [2.75, 3.05) is 0 Å². The largest absolute Gasteiger partial charge is 0.327 e. The quantitative estimate of drug-likeness (QED) is 0.797. The van der Waals surface area contributed by atoms with E-state index in [1.54, 1.807) is 24.3 Å². The van der Waals surface area contributed by atoms with Gasteiger partial charge in [0.2, 0.25) is 0 Å². The highest BCUT2D eigenvalue weighted by Crippen LogP contribution is 2.23. The van der Waals surface area contributed by atoms with Crippen LogP contribution in [-0.2, 0) is 12.8 Å². The molecule has 1 unspecified atom stereocenters. The van der Waals surface area contributed by atoms with E-state index in [4.69, 9.17) is 28.9 Å². The molecule has 0 aliphatic carbocycles. The lowest BCUT2D eigenvalue weighted by molar-refractivity contribution is 0.583. The van der Waals surface area contributed by atoms with Gasteiger partial charge in [-0.05, 0) is 54.3 Å². The van der Waals surface area contributed by atoms with Gasteiger partial charge in [0.05, 0.1) is 0 Å². The highest BCUT2D eigenvalue weighted by molar-refractivity contribution is 9.10. The number of rotatable bonds is 4. The Bertz CT molecular complexity index is 619. The first kappa shape index (κ1) is 15.8. The van der Waals surface area contributed by atoms with E-state index in [2.05, 4.69) is 15.9 Å². The maximum atomic E-state index is 13.7. The van der Waals surface area contributed by atoms with Crippen LogP contribution in [0.25, 0.3) is 0 Å². The van der Waals surface area contributed by atoms with Crippen molar-refractivity contribution in [2.45, 2.75) is 18.9 Å². The van der Waals surface area contributed by atoms with Crippen LogP contribution >= 0.6 is 39.1 Å². The van der Waals surface area contributed by atoms with Crippen molar-refractivity contribution in [1.29, 1.82) is 0 Å². The molecule has 20 heavy (non-hydrogen) atoms. The van der Waals surface area contributed by atoms with E-state index in [0.29, 0.717) is 28.5 Å². The second-order valence-corrected chi connectivity index (χ2v) is 6.40. The van der Waals surface area contributed by atoms with E-state index < -0.39 is 0 Å². The van der Waals surface area contributed by atoms with Crippen LogP contribution in [0.2, 0.25) is 10.0 Å². The summed E-state index contributed by atoms with van der Waals surface area (Å²) in [7, 11) is 0. The first-order valence-electron chi connectivity index (χ1n) is 6.09. The van der Waals surface area contributed by atoms with Crippen molar-refractivity contribution < 1.29 is 4.39 Å². The molecule has 2 N–H and O–H groups in total. The molecule has 2 rings (SSSR count). The summed E-state index contributed by atoms with van der Waals surface area (Å²) in [5, 5.41) is 1.17. The van der Waals surface area contributed by atoms with E-state index in [-0.39, 0.29) is 11.9 Å². The zero-order valence-corrected chi connectivity index (χ0v) is 13.6. The summed E-state index contributed by atoms with van der Waals surface area (Å²) in [6.45, 7) is 0. The number of benzene rings is 2. The Morgan fingerprint density at radius 3 is 2.45 bits per heavy atom. The van der Waals surface area contributed by atoms with Crippen molar-refractivity contribution in [2.24, 2.45) is 5.73 Å². The smallest absolute Gasteiger partial charge is 0.126 e. The summed E-state index contributed by atoms with van der Waals surface area (Å²) in [6, 6.07) is 9.94. The Hall–Kier alpha value is -0.610. The second kappa shape index (κ2) is 6.90. The fraction of sp³-hybridized carbons (Fsp3) is 0.200. The van der Waals surface area contributed by atoms with Gasteiger partial charge in [-0.3, -0.25) is 0 Å². The lowest BCUT2D eigenvalue weighted by Gasteiger charge is -2.14. The molecule has 106 valence electrons. The summed E-state index contributed by atoms with van der Waals surface area (Å²) < 4.78 is 14.5. The van der Waals surface area contributed by atoms with Gasteiger partial charge in [-0.1, -0.05) is 45.2 Å². The van der Waals surface area contributed by atoms with Gasteiger partial charge in [-0.15, -0.1) is 0 Å². The minimum atomic E-state index is -0.245. The van der Waals surface area contributed by atoms with E-state index >= 15 is 0 Å². The third kappa shape index (κ3) is 4.19. The van der Waals surface area contributed by atoms with Gasteiger partial charge in [0.25, 0.3) is 0 Å². The van der Waals surface area contributed by atoms with Gasteiger partial charge in [0.15, 0.2) is 0 Å². The minimum Gasteiger partial charge on any atom is -0.327 e. The molecule has 0 aliphatic rings. The van der Waals surface area contributed by atoms with Gasteiger partial charge in [-0.25, -0.2) is 4.39 Å². The molecular formula is C15H13BrCl2FN. The van der Waals surface area contributed by atoms with Crippen LogP contribution < -0.4 is 5.73 Å². The van der Waals surface area contributed by atoms with E-state index in [9.17, 15) is 4.39 Å². The first-order valence-corrected chi connectivity index (χ1v) is 7.64. The van der Waals surface area contributed by atoms with Gasteiger partial charge < -0.3 is 5.73 Å². The molecular weight excluding hydrogens is 364 g/mol. The number of nitrogens with two attached hydrogens (primary N) is 1. The molecule has 5 heteroatoms. The Kier molecular flexibility index (Phi) is 5.44. The molecule has 0 spiro atoms. The molecule has 0 bridgehead atoms. The maximum Gasteiger partial charge on any atom is 0.126 e. The topological polar surface area (TPSA) is 26.0 Å². The fourth-order valence-corrected chi connectivity index (χ4v) is 2.92. The molecule has 0 aromatic heterocycles. The van der Waals surface area contributed by atoms with Gasteiger partial charge in [-0.2, -0.15) is 0 Å². The van der Waals surface area contributed by atoms with Gasteiger partial charge in [0, 0.05) is 20.6 Å². The third-order valence-corrected chi connectivity index (χ3v) is 4.07. The normalized spacial score (nSPS) is 12.4. The van der Waals surface area contributed by atoms with E-state index in [1.165, 1.54) is 6.07 Å². The Morgan fingerprint density at radius 1 is 1.05 bits per heavy atom. The molecule has 0 radical (unpaired) electrons. The molecule has 0 aliphatic heterocycles. The predicted molar refractivity (Wildman–Crippen MR) is 85.9 cm³/mol. The molecule has 1 nitrogen and oxygen atoms in total. The molecule has 0 saturated carbocycles. The molecule has 0 heterocycles. The van der Waals surface area contributed by atoms with Gasteiger partial charge >= 0.3 is 0 Å². The minimum absolute atomic E-state index is 0.211. The predicted octanol–water partition coefficient (Wildman–Crippen LogP) is 5.01. The SMILES string of the molecule is NC(Cc1cc(Br)ccc1F)Cc1ccc(Cl)cc1Cl. The number of halogens is 4. The maximum absolute atomic E-state index is 13.7. The summed E-state index contributed by atoms with van der Waals surface area (Å²) in [5.74, 6) is -0.245. The van der Waals surface area contributed by atoms with E-state index in [1.807, 2.05) is 6.07 Å². The van der Waals surface area contributed by atoms with Crippen molar-refractivity contribution >= 4 is 39.1 Å². The van der Waals surface area contributed by atoms with Crippen molar-refractivity contribution in [3.05, 3.63) is 67.9 Å². The summed E-state index contributed by atoms with van der Waals surface area (Å²) in [6.07, 6.45) is 1.02. The average Bonchev–Trinajstić information content (AvgIpc) is 2.37. The fourth-order valence-electron chi connectivity index (χ4n) is 2.02. The summed E-state index contributed by atoms with van der Waals surface area (Å²) >= 11 is 15.3. The summed E-state index contributed by atoms with van der Waals surface area (Å²) in [4.78, 5) is 0. The zero-order chi connectivity index (χ0) is 14.7. The van der Waals surface area contributed by atoms with Crippen LogP contribution in [0.4, 0.5) is 4.39 Å². The summed E-state index contributed by atoms with van der Waals surface area (Å²) in [5.41, 5.74) is 7.60. The van der Waals surface area contributed by atoms with E-state index in [0.717, 1.165) is 10.0 Å². The van der Waals surface area contributed by atoms with Crippen LogP contribution in [-0.4, -0.2) is 6.04 Å². The molecule has 1 atom stereocenters.